The Morgan fingerprint density at radius 2 is 1.94 bits per heavy atom. The smallest absolute Gasteiger partial charge is 0.265 e. The molecule has 0 atom stereocenters. The zero-order valence-corrected chi connectivity index (χ0v) is 18.3. The van der Waals surface area contributed by atoms with Gasteiger partial charge in [-0.25, -0.2) is 9.97 Å². The third-order valence-corrected chi connectivity index (χ3v) is 6.03. The number of hydrogen-bond donors (Lipinski definition) is 2. The van der Waals surface area contributed by atoms with Crippen LogP contribution in [-0.2, 0) is 19.5 Å². The third kappa shape index (κ3) is 3.61. The average molecular weight is 427 g/mol. The number of fused-ring (bicyclic) bond motifs is 2. The SMILES string of the molecule is Cc1cn2c(C(N)=O)cccc2c1-c1nc2c(c(NCc3ccccc3)n1)CN(C)CC2. The second-order valence-corrected chi connectivity index (χ2v) is 8.37. The highest BCUT2D eigenvalue weighted by Crippen LogP contribution is 2.32. The number of aromatic nitrogens is 3. The first-order valence-electron chi connectivity index (χ1n) is 10.8. The summed E-state index contributed by atoms with van der Waals surface area (Å²) >= 11 is 0. The molecule has 5 rings (SSSR count). The Hall–Kier alpha value is -3.71. The number of nitrogens with one attached hydrogen (secondary N) is 1. The van der Waals surface area contributed by atoms with Crippen LogP contribution in [0.2, 0.25) is 0 Å². The molecular formula is C25H26N6O. The van der Waals surface area contributed by atoms with E-state index in [1.807, 2.05) is 47.9 Å². The molecule has 162 valence electrons. The van der Waals surface area contributed by atoms with Gasteiger partial charge in [-0.2, -0.15) is 0 Å². The maximum atomic E-state index is 11.9. The number of benzene rings is 1. The Labute approximate surface area is 186 Å². The number of carbonyl (C=O) groups is 1. The highest BCUT2D eigenvalue weighted by atomic mass is 16.1. The minimum Gasteiger partial charge on any atom is -0.366 e. The topological polar surface area (TPSA) is 88.5 Å². The van der Waals surface area contributed by atoms with Gasteiger partial charge >= 0.3 is 0 Å². The first-order valence-corrected chi connectivity index (χ1v) is 10.8. The van der Waals surface area contributed by atoms with E-state index in [0.29, 0.717) is 18.1 Å². The van der Waals surface area contributed by atoms with E-state index in [1.165, 1.54) is 5.56 Å². The maximum absolute atomic E-state index is 11.9. The van der Waals surface area contributed by atoms with Crippen molar-refractivity contribution in [2.45, 2.75) is 26.4 Å². The van der Waals surface area contributed by atoms with Gasteiger partial charge in [0.15, 0.2) is 5.82 Å². The molecule has 0 aliphatic carbocycles. The van der Waals surface area contributed by atoms with E-state index >= 15 is 0 Å². The van der Waals surface area contributed by atoms with Crippen LogP contribution in [0.1, 0.15) is 32.9 Å². The number of primary amides is 1. The number of rotatable bonds is 5. The van der Waals surface area contributed by atoms with Crippen molar-refractivity contribution in [3.05, 3.63) is 82.8 Å². The van der Waals surface area contributed by atoms with Gasteiger partial charge in [-0.3, -0.25) is 4.79 Å². The van der Waals surface area contributed by atoms with Crippen molar-refractivity contribution in [3.63, 3.8) is 0 Å². The van der Waals surface area contributed by atoms with Crippen LogP contribution < -0.4 is 11.1 Å². The van der Waals surface area contributed by atoms with Crippen LogP contribution in [0.25, 0.3) is 16.9 Å². The van der Waals surface area contributed by atoms with Crippen LogP contribution in [0.4, 0.5) is 5.82 Å². The largest absolute Gasteiger partial charge is 0.366 e. The summed E-state index contributed by atoms with van der Waals surface area (Å²) in [6, 6.07) is 15.9. The van der Waals surface area contributed by atoms with Crippen molar-refractivity contribution >= 4 is 17.2 Å². The number of pyridine rings is 1. The summed E-state index contributed by atoms with van der Waals surface area (Å²) in [4.78, 5) is 24.2. The molecule has 1 aromatic carbocycles. The Bertz CT molecular complexity index is 1310. The number of amides is 1. The van der Waals surface area contributed by atoms with E-state index in [9.17, 15) is 4.79 Å². The Balaban J connectivity index is 1.63. The van der Waals surface area contributed by atoms with Gasteiger partial charge in [-0.15, -0.1) is 0 Å². The van der Waals surface area contributed by atoms with E-state index < -0.39 is 5.91 Å². The van der Waals surface area contributed by atoms with E-state index in [-0.39, 0.29) is 0 Å². The molecule has 0 saturated heterocycles. The van der Waals surface area contributed by atoms with Gasteiger partial charge in [0, 0.05) is 43.4 Å². The first-order chi connectivity index (χ1) is 15.5. The molecule has 3 N–H and O–H groups in total. The van der Waals surface area contributed by atoms with Crippen molar-refractivity contribution in [2.75, 3.05) is 18.9 Å². The van der Waals surface area contributed by atoms with Gasteiger partial charge in [-0.1, -0.05) is 36.4 Å². The second-order valence-electron chi connectivity index (χ2n) is 8.37. The lowest BCUT2D eigenvalue weighted by Gasteiger charge is -2.26. The minimum absolute atomic E-state index is 0.443. The number of nitrogens with zero attached hydrogens (tertiary/aromatic N) is 4. The van der Waals surface area contributed by atoms with Crippen LogP contribution in [0, 0.1) is 6.92 Å². The van der Waals surface area contributed by atoms with Crippen LogP contribution in [0.3, 0.4) is 0 Å². The molecule has 1 amide bonds. The summed E-state index contributed by atoms with van der Waals surface area (Å²) in [5.74, 6) is 1.08. The lowest BCUT2D eigenvalue weighted by Crippen LogP contribution is -2.29. The molecular weight excluding hydrogens is 400 g/mol. The summed E-state index contributed by atoms with van der Waals surface area (Å²) in [6.45, 7) is 4.48. The predicted octanol–water partition coefficient (Wildman–Crippen LogP) is 3.40. The molecule has 0 bridgehead atoms. The summed E-state index contributed by atoms with van der Waals surface area (Å²) in [6.07, 6.45) is 2.80. The third-order valence-electron chi connectivity index (χ3n) is 6.03. The minimum atomic E-state index is -0.461. The molecule has 7 heteroatoms. The predicted molar refractivity (Wildman–Crippen MR) is 125 cm³/mol. The van der Waals surface area contributed by atoms with Gasteiger partial charge in [-0.05, 0) is 37.2 Å². The zero-order chi connectivity index (χ0) is 22.2. The van der Waals surface area contributed by atoms with E-state index in [2.05, 4.69) is 29.4 Å². The molecule has 0 radical (unpaired) electrons. The van der Waals surface area contributed by atoms with Crippen LogP contribution in [0.5, 0.6) is 0 Å². The lowest BCUT2D eigenvalue weighted by atomic mass is 10.0. The van der Waals surface area contributed by atoms with Crippen molar-refractivity contribution in [1.29, 1.82) is 0 Å². The monoisotopic (exact) mass is 426 g/mol. The number of carbonyl (C=O) groups excluding carboxylic acids is 1. The fourth-order valence-electron chi connectivity index (χ4n) is 4.40. The lowest BCUT2D eigenvalue weighted by molar-refractivity contribution is 0.0994. The van der Waals surface area contributed by atoms with Crippen molar-refractivity contribution in [1.82, 2.24) is 19.3 Å². The van der Waals surface area contributed by atoms with Crippen LogP contribution >= 0.6 is 0 Å². The van der Waals surface area contributed by atoms with Gasteiger partial charge < -0.3 is 20.4 Å². The summed E-state index contributed by atoms with van der Waals surface area (Å²) < 4.78 is 1.83. The van der Waals surface area contributed by atoms with Gasteiger partial charge in [0.2, 0.25) is 0 Å². The summed E-state index contributed by atoms with van der Waals surface area (Å²) in [5.41, 5.74) is 12.3. The Morgan fingerprint density at radius 3 is 2.72 bits per heavy atom. The van der Waals surface area contributed by atoms with Crippen LogP contribution in [0.15, 0.2) is 54.7 Å². The van der Waals surface area contributed by atoms with E-state index in [4.69, 9.17) is 15.7 Å². The van der Waals surface area contributed by atoms with Crippen molar-refractivity contribution < 1.29 is 4.79 Å². The van der Waals surface area contributed by atoms with Gasteiger partial charge in [0.25, 0.3) is 5.91 Å². The molecule has 32 heavy (non-hydrogen) atoms. The molecule has 4 heterocycles. The highest BCUT2D eigenvalue weighted by molar-refractivity contribution is 5.93. The molecule has 0 saturated carbocycles. The molecule has 7 nitrogen and oxygen atoms in total. The molecule has 0 unspecified atom stereocenters. The fraction of sp³-hybridized carbons (Fsp3) is 0.240. The average Bonchev–Trinajstić information content (AvgIpc) is 3.13. The number of hydrogen-bond acceptors (Lipinski definition) is 5. The molecule has 1 aliphatic heterocycles. The van der Waals surface area contributed by atoms with Gasteiger partial charge in [0.05, 0.1) is 11.2 Å². The second kappa shape index (κ2) is 8.09. The van der Waals surface area contributed by atoms with Crippen molar-refractivity contribution in [2.24, 2.45) is 5.73 Å². The van der Waals surface area contributed by atoms with Crippen molar-refractivity contribution in [3.8, 4) is 11.4 Å². The van der Waals surface area contributed by atoms with Gasteiger partial charge in [0.1, 0.15) is 11.5 Å². The quantitative estimate of drug-likeness (QED) is 0.511. The maximum Gasteiger partial charge on any atom is 0.265 e. The number of likely N-dealkylation sites (N-methyl/N-ethyl adjacent to an activating group) is 1. The first kappa shape index (κ1) is 20.2. The molecule has 3 aromatic heterocycles. The fourth-order valence-corrected chi connectivity index (χ4v) is 4.40. The number of aryl methyl sites for hydroxylation is 1. The normalized spacial score (nSPS) is 13.8. The Morgan fingerprint density at radius 1 is 1.12 bits per heavy atom. The van der Waals surface area contributed by atoms with Crippen LogP contribution in [-0.4, -0.2) is 38.8 Å². The number of nitrogens with two attached hydrogens (primary N) is 1. The summed E-state index contributed by atoms with van der Waals surface area (Å²) in [7, 11) is 2.12. The molecule has 0 spiro atoms. The molecule has 1 aliphatic rings. The highest BCUT2D eigenvalue weighted by Gasteiger charge is 2.23. The number of anilines is 1. The van der Waals surface area contributed by atoms with E-state index in [0.717, 1.165) is 53.2 Å². The zero-order valence-electron chi connectivity index (χ0n) is 18.3. The van der Waals surface area contributed by atoms with E-state index in [1.54, 1.807) is 6.07 Å². The standard InChI is InChI=1S/C25H26N6O/c1-16-14-31-20(9-6-10-21(31)23(26)32)22(16)25-28-19-11-12-30(2)15-18(19)24(29-25)27-13-17-7-4-3-5-8-17/h3-10,14H,11-13,15H2,1-2H3,(H2,26,32)(H,27,28,29). The molecule has 0 fully saturated rings. The molecule has 4 aromatic rings. The Kier molecular flexibility index (Phi) is 5.11. The summed E-state index contributed by atoms with van der Waals surface area (Å²) in [5, 5.41) is 3.55.